The third-order valence-electron chi connectivity index (χ3n) is 5.41. The molecule has 5 rings (SSSR count). The Balaban J connectivity index is 1.50. The standard InChI is InChI=1S/C23H22N4O4/c1-12-21(23(28)27-13-4-5-13)15-7-6-14(8-18(15)31-12)26-22-16-9-19(29-2)20(30-3)10-17(16)24-11-25-22/h6-11,13H,4-5H2,1-3H3,(H,27,28)(H,24,25,26). The molecule has 8 nitrogen and oxygen atoms in total. The maximum absolute atomic E-state index is 12.6. The van der Waals surface area contributed by atoms with E-state index in [1.165, 1.54) is 6.33 Å². The highest BCUT2D eigenvalue weighted by Gasteiger charge is 2.27. The molecular weight excluding hydrogens is 396 g/mol. The molecule has 0 spiro atoms. The van der Waals surface area contributed by atoms with Gasteiger partial charge in [-0.3, -0.25) is 4.79 Å². The molecule has 1 fully saturated rings. The lowest BCUT2D eigenvalue weighted by Gasteiger charge is -2.12. The molecular formula is C23H22N4O4. The molecule has 1 aliphatic rings. The van der Waals surface area contributed by atoms with Crippen LogP contribution in [0, 0.1) is 6.92 Å². The van der Waals surface area contributed by atoms with E-state index in [4.69, 9.17) is 13.9 Å². The highest BCUT2D eigenvalue weighted by molar-refractivity contribution is 6.08. The van der Waals surface area contributed by atoms with Crippen LogP contribution in [-0.2, 0) is 0 Å². The van der Waals surface area contributed by atoms with E-state index in [0.29, 0.717) is 40.3 Å². The predicted octanol–water partition coefficient (Wildman–Crippen LogP) is 4.34. The normalized spacial score (nSPS) is 13.4. The van der Waals surface area contributed by atoms with Crippen molar-refractivity contribution in [3.8, 4) is 11.5 Å². The van der Waals surface area contributed by atoms with Gasteiger partial charge in [0.2, 0.25) is 0 Å². The third kappa shape index (κ3) is 3.50. The van der Waals surface area contributed by atoms with Crippen LogP contribution in [-0.4, -0.2) is 36.1 Å². The van der Waals surface area contributed by atoms with Gasteiger partial charge in [-0.1, -0.05) is 0 Å². The Morgan fingerprint density at radius 3 is 2.58 bits per heavy atom. The first-order valence-corrected chi connectivity index (χ1v) is 10.0. The van der Waals surface area contributed by atoms with E-state index in [-0.39, 0.29) is 5.91 Å². The lowest BCUT2D eigenvalue weighted by Crippen LogP contribution is -2.25. The number of ether oxygens (including phenoxy) is 2. The lowest BCUT2D eigenvalue weighted by molar-refractivity contribution is 0.0951. The van der Waals surface area contributed by atoms with Gasteiger partial charge < -0.3 is 24.5 Å². The van der Waals surface area contributed by atoms with Gasteiger partial charge in [0.1, 0.15) is 23.5 Å². The van der Waals surface area contributed by atoms with Crippen molar-refractivity contribution in [3.63, 3.8) is 0 Å². The van der Waals surface area contributed by atoms with E-state index in [9.17, 15) is 4.79 Å². The molecule has 1 aliphatic carbocycles. The zero-order valence-corrected chi connectivity index (χ0v) is 17.5. The van der Waals surface area contributed by atoms with Gasteiger partial charge in [-0.15, -0.1) is 0 Å². The van der Waals surface area contributed by atoms with Crippen molar-refractivity contribution in [1.29, 1.82) is 0 Å². The van der Waals surface area contributed by atoms with Gasteiger partial charge in [-0.05, 0) is 38.0 Å². The summed E-state index contributed by atoms with van der Waals surface area (Å²) in [6.45, 7) is 1.81. The fraction of sp³-hybridized carbons (Fsp3) is 0.261. The number of amides is 1. The van der Waals surface area contributed by atoms with Crippen LogP contribution in [0.4, 0.5) is 11.5 Å². The second-order valence-electron chi connectivity index (χ2n) is 7.56. The fourth-order valence-corrected chi connectivity index (χ4v) is 3.68. The number of hydrogen-bond donors (Lipinski definition) is 2. The Kier molecular flexibility index (Phi) is 4.62. The summed E-state index contributed by atoms with van der Waals surface area (Å²) in [5.74, 6) is 2.35. The Labute approximate surface area is 178 Å². The molecule has 2 heterocycles. The maximum atomic E-state index is 12.6. The van der Waals surface area contributed by atoms with Crippen LogP contribution < -0.4 is 20.1 Å². The first-order chi connectivity index (χ1) is 15.1. The monoisotopic (exact) mass is 418 g/mol. The van der Waals surface area contributed by atoms with E-state index in [1.54, 1.807) is 14.2 Å². The summed E-state index contributed by atoms with van der Waals surface area (Å²) >= 11 is 0. The smallest absolute Gasteiger partial charge is 0.255 e. The second kappa shape index (κ2) is 7.46. The summed E-state index contributed by atoms with van der Waals surface area (Å²) in [5.41, 5.74) is 2.74. The van der Waals surface area contributed by atoms with Crippen molar-refractivity contribution in [3.05, 3.63) is 48.0 Å². The summed E-state index contributed by atoms with van der Waals surface area (Å²) in [5, 5.41) is 7.93. The van der Waals surface area contributed by atoms with Crippen LogP contribution >= 0.6 is 0 Å². The Hall–Kier alpha value is -3.81. The van der Waals surface area contributed by atoms with Gasteiger partial charge in [0.05, 0.1) is 25.3 Å². The van der Waals surface area contributed by atoms with Gasteiger partial charge in [0.25, 0.3) is 5.91 Å². The van der Waals surface area contributed by atoms with Crippen LogP contribution in [0.15, 0.2) is 41.1 Å². The van der Waals surface area contributed by atoms with Crippen molar-refractivity contribution in [2.75, 3.05) is 19.5 Å². The lowest BCUT2D eigenvalue weighted by atomic mass is 10.1. The summed E-state index contributed by atoms with van der Waals surface area (Å²) in [6, 6.07) is 9.60. The van der Waals surface area contributed by atoms with Crippen molar-refractivity contribution in [2.45, 2.75) is 25.8 Å². The topological polar surface area (TPSA) is 98.5 Å². The van der Waals surface area contributed by atoms with E-state index >= 15 is 0 Å². The minimum Gasteiger partial charge on any atom is -0.493 e. The number of benzene rings is 2. The van der Waals surface area contributed by atoms with E-state index in [0.717, 1.165) is 34.8 Å². The number of fused-ring (bicyclic) bond motifs is 2. The summed E-state index contributed by atoms with van der Waals surface area (Å²) in [6.07, 6.45) is 3.57. The average molecular weight is 418 g/mol. The van der Waals surface area contributed by atoms with Crippen molar-refractivity contribution < 1.29 is 18.7 Å². The summed E-state index contributed by atoms with van der Waals surface area (Å²) in [7, 11) is 3.18. The fourth-order valence-electron chi connectivity index (χ4n) is 3.68. The highest BCUT2D eigenvalue weighted by Crippen LogP contribution is 2.35. The Bertz CT molecular complexity index is 1310. The largest absolute Gasteiger partial charge is 0.493 e. The van der Waals surface area contributed by atoms with Crippen LogP contribution in [0.25, 0.3) is 21.9 Å². The Morgan fingerprint density at radius 2 is 1.84 bits per heavy atom. The van der Waals surface area contributed by atoms with Gasteiger partial charge in [0.15, 0.2) is 11.5 Å². The number of nitrogens with zero attached hydrogens (tertiary/aromatic N) is 2. The number of nitrogens with one attached hydrogen (secondary N) is 2. The molecule has 31 heavy (non-hydrogen) atoms. The summed E-state index contributed by atoms with van der Waals surface area (Å²) < 4.78 is 16.7. The molecule has 2 aromatic heterocycles. The number of rotatable bonds is 6. The molecule has 4 aromatic rings. The van der Waals surface area contributed by atoms with E-state index in [1.807, 2.05) is 37.3 Å². The average Bonchev–Trinajstić information content (AvgIpc) is 3.52. The number of hydrogen-bond acceptors (Lipinski definition) is 7. The Morgan fingerprint density at radius 1 is 1.06 bits per heavy atom. The zero-order valence-electron chi connectivity index (χ0n) is 17.5. The van der Waals surface area contributed by atoms with Crippen LogP contribution in [0.5, 0.6) is 11.5 Å². The van der Waals surface area contributed by atoms with Crippen LogP contribution in [0.2, 0.25) is 0 Å². The number of aryl methyl sites for hydroxylation is 1. The maximum Gasteiger partial charge on any atom is 0.255 e. The molecule has 0 atom stereocenters. The number of methoxy groups -OCH3 is 2. The van der Waals surface area contributed by atoms with Crippen molar-refractivity contribution >= 4 is 39.3 Å². The number of aromatic nitrogens is 2. The molecule has 0 saturated heterocycles. The molecule has 8 heteroatoms. The number of carbonyl (C=O) groups excluding carboxylic acids is 1. The van der Waals surface area contributed by atoms with Crippen molar-refractivity contribution in [2.24, 2.45) is 0 Å². The zero-order chi connectivity index (χ0) is 21.5. The molecule has 0 bridgehead atoms. The molecule has 1 amide bonds. The highest BCUT2D eigenvalue weighted by atomic mass is 16.5. The van der Waals surface area contributed by atoms with Gasteiger partial charge in [-0.25, -0.2) is 9.97 Å². The summed E-state index contributed by atoms with van der Waals surface area (Å²) in [4.78, 5) is 21.3. The SMILES string of the molecule is COc1cc2ncnc(Nc3ccc4c(C(=O)NC5CC5)c(C)oc4c3)c2cc1OC. The number of carbonyl (C=O) groups is 1. The van der Waals surface area contributed by atoms with Crippen LogP contribution in [0.3, 0.4) is 0 Å². The quantitative estimate of drug-likeness (QED) is 0.481. The number of anilines is 2. The minimum absolute atomic E-state index is 0.0812. The first-order valence-electron chi connectivity index (χ1n) is 10.0. The predicted molar refractivity (Wildman–Crippen MR) is 117 cm³/mol. The molecule has 0 aliphatic heterocycles. The molecule has 2 aromatic carbocycles. The van der Waals surface area contributed by atoms with Crippen molar-refractivity contribution in [1.82, 2.24) is 15.3 Å². The van der Waals surface area contributed by atoms with Crippen LogP contribution in [0.1, 0.15) is 29.0 Å². The van der Waals surface area contributed by atoms with Gasteiger partial charge in [-0.2, -0.15) is 0 Å². The molecule has 2 N–H and O–H groups in total. The minimum atomic E-state index is -0.0812. The molecule has 0 unspecified atom stereocenters. The second-order valence-corrected chi connectivity index (χ2v) is 7.56. The van der Waals surface area contributed by atoms with E-state index < -0.39 is 0 Å². The van der Waals surface area contributed by atoms with Gasteiger partial charge in [0, 0.05) is 34.6 Å². The number of furan rings is 1. The first kappa shape index (κ1) is 19.2. The van der Waals surface area contributed by atoms with Gasteiger partial charge >= 0.3 is 0 Å². The molecule has 1 saturated carbocycles. The third-order valence-corrected chi connectivity index (χ3v) is 5.41. The molecule has 0 radical (unpaired) electrons. The van der Waals surface area contributed by atoms with E-state index in [2.05, 4.69) is 20.6 Å². The molecule has 158 valence electrons.